The van der Waals surface area contributed by atoms with Gasteiger partial charge in [-0.2, -0.15) is 0 Å². The van der Waals surface area contributed by atoms with Gasteiger partial charge in [0.2, 0.25) is 5.91 Å². The molecule has 1 saturated heterocycles. The molecule has 0 saturated carbocycles. The van der Waals surface area contributed by atoms with E-state index in [1.54, 1.807) is 0 Å². The zero-order valence-corrected chi connectivity index (χ0v) is 10.8. The number of carbonyl (C=O) groups is 2. The van der Waals surface area contributed by atoms with Gasteiger partial charge in [0.05, 0.1) is 0 Å². The van der Waals surface area contributed by atoms with E-state index in [0.29, 0.717) is 18.6 Å². The summed E-state index contributed by atoms with van der Waals surface area (Å²) in [5.74, 6) is -1.92. The van der Waals surface area contributed by atoms with Crippen LogP contribution in [-0.4, -0.2) is 35.7 Å². The smallest absolute Gasteiger partial charge is 0.326 e. The molecular weight excluding hydrogens is 265 g/mol. The Bertz CT molecular complexity index is 482. The van der Waals surface area contributed by atoms with Crippen LogP contribution in [0.3, 0.4) is 0 Å². The zero-order valence-electron chi connectivity index (χ0n) is 10.8. The van der Waals surface area contributed by atoms with Crippen molar-refractivity contribution in [2.75, 3.05) is 6.61 Å². The Balaban J connectivity index is 1.98. The van der Waals surface area contributed by atoms with Gasteiger partial charge < -0.3 is 15.2 Å². The summed E-state index contributed by atoms with van der Waals surface area (Å²) in [5, 5.41) is 11.6. The van der Waals surface area contributed by atoms with Gasteiger partial charge in [-0.05, 0) is 30.5 Å². The number of nitrogens with one attached hydrogen (secondary N) is 1. The van der Waals surface area contributed by atoms with E-state index in [1.807, 2.05) is 0 Å². The molecule has 20 heavy (non-hydrogen) atoms. The van der Waals surface area contributed by atoms with Crippen LogP contribution in [-0.2, 0) is 20.7 Å². The van der Waals surface area contributed by atoms with Crippen LogP contribution < -0.4 is 5.32 Å². The Labute approximate surface area is 115 Å². The van der Waals surface area contributed by atoms with Gasteiger partial charge in [0.1, 0.15) is 18.0 Å². The van der Waals surface area contributed by atoms with E-state index in [-0.39, 0.29) is 12.2 Å². The largest absolute Gasteiger partial charge is 0.480 e. The summed E-state index contributed by atoms with van der Waals surface area (Å²) in [7, 11) is 0. The van der Waals surface area contributed by atoms with Crippen molar-refractivity contribution < 1.29 is 23.8 Å². The number of carbonyl (C=O) groups excluding carboxylic acids is 1. The lowest BCUT2D eigenvalue weighted by molar-refractivity contribution is -0.143. The lowest BCUT2D eigenvalue weighted by Gasteiger charge is -2.17. The lowest BCUT2D eigenvalue weighted by atomic mass is 10.1. The molecule has 0 aliphatic carbocycles. The molecule has 1 fully saturated rings. The van der Waals surface area contributed by atoms with E-state index >= 15 is 0 Å². The summed E-state index contributed by atoms with van der Waals surface area (Å²) >= 11 is 0. The molecule has 0 aromatic heterocycles. The first kappa shape index (κ1) is 14.5. The number of carboxylic acids is 1. The molecule has 1 aromatic rings. The van der Waals surface area contributed by atoms with E-state index in [9.17, 15) is 14.0 Å². The molecule has 1 aliphatic heterocycles. The first-order chi connectivity index (χ1) is 9.56. The number of hydrogen-bond donors (Lipinski definition) is 2. The number of aliphatic carboxylic acids is 1. The number of ether oxygens (including phenoxy) is 1. The van der Waals surface area contributed by atoms with Crippen LogP contribution in [0.15, 0.2) is 24.3 Å². The number of halogens is 1. The van der Waals surface area contributed by atoms with Crippen LogP contribution in [0.2, 0.25) is 0 Å². The van der Waals surface area contributed by atoms with E-state index < -0.39 is 24.0 Å². The summed E-state index contributed by atoms with van der Waals surface area (Å²) < 4.78 is 18.0. The third-order valence-electron chi connectivity index (χ3n) is 3.19. The van der Waals surface area contributed by atoms with Crippen LogP contribution in [0.1, 0.15) is 18.4 Å². The summed E-state index contributed by atoms with van der Waals surface area (Å²) in [6, 6.07) is 4.48. The molecule has 108 valence electrons. The van der Waals surface area contributed by atoms with Crippen LogP contribution >= 0.6 is 0 Å². The quantitative estimate of drug-likeness (QED) is 0.848. The van der Waals surface area contributed by atoms with Gasteiger partial charge in [0.25, 0.3) is 0 Å². The summed E-state index contributed by atoms with van der Waals surface area (Å²) in [4.78, 5) is 23.0. The van der Waals surface area contributed by atoms with Crippen LogP contribution in [0, 0.1) is 5.82 Å². The fraction of sp³-hybridized carbons (Fsp3) is 0.429. The Kier molecular flexibility index (Phi) is 4.68. The Morgan fingerprint density at radius 1 is 1.40 bits per heavy atom. The van der Waals surface area contributed by atoms with Crippen molar-refractivity contribution in [2.45, 2.75) is 31.4 Å². The highest BCUT2D eigenvalue weighted by Gasteiger charge is 2.28. The highest BCUT2D eigenvalue weighted by molar-refractivity contribution is 5.86. The standard InChI is InChI=1S/C14H16FNO4/c15-10-5-3-9(4-6-10)8-11(14(18)19)16-13(17)12-2-1-7-20-12/h3-6,11-12H,1-2,7-8H2,(H,16,17)(H,18,19)/t11-,12-/m1/s1. The maximum Gasteiger partial charge on any atom is 0.326 e. The Hall–Kier alpha value is -1.95. The highest BCUT2D eigenvalue weighted by atomic mass is 19.1. The summed E-state index contributed by atoms with van der Waals surface area (Å²) in [6.45, 7) is 0.522. The number of benzene rings is 1. The molecule has 0 bridgehead atoms. The molecule has 6 heteroatoms. The van der Waals surface area contributed by atoms with E-state index in [4.69, 9.17) is 9.84 Å². The maximum atomic E-state index is 12.8. The van der Waals surface area contributed by atoms with Crippen LogP contribution in [0.25, 0.3) is 0 Å². The van der Waals surface area contributed by atoms with Crippen LogP contribution in [0.5, 0.6) is 0 Å². The minimum absolute atomic E-state index is 0.105. The predicted molar refractivity (Wildman–Crippen MR) is 68.6 cm³/mol. The van der Waals surface area contributed by atoms with E-state index in [0.717, 1.165) is 6.42 Å². The van der Waals surface area contributed by atoms with Gasteiger partial charge in [-0.1, -0.05) is 12.1 Å². The molecule has 5 nitrogen and oxygen atoms in total. The van der Waals surface area contributed by atoms with Crippen molar-refractivity contribution in [3.05, 3.63) is 35.6 Å². The minimum atomic E-state index is -1.12. The SMILES string of the molecule is O=C(O)[C@@H](Cc1ccc(F)cc1)NC(=O)[C@H]1CCCO1. The topological polar surface area (TPSA) is 75.6 Å². The van der Waals surface area contributed by atoms with Gasteiger partial charge in [-0.3, -0.25) is 4.79 Å². The monoisotopic (exact) mass is 281 g/mol. The minimum Gasteiger partial charge on any atom is -0.480 e. The third kappa shape index (κ3) is 3.77. The van der Waals surface area contributed by atoms with Gasteiger partial charge >= 0.3 is 5.97 Å². The maximum absolute atomic E-state index is 12.8. The van der Waals surface area contributed by atoms with Gasteiger partial charge in [0, 0.05) is 13.0 Å². The molecule has 1 amide bonds. The zero-order chi connectivity index (χ0) is 14.5. The molecule has 1 aliphatic rings. The number of amides is 1. The normalized spacial score (nSPS) is 19.6. The number of rotatable bonds is 5. The number of carboxylic acid groups (broad SMARTS) is 1. The Morgan fingerprint density at radius 2 is 2.10 bits per heavy atom. The first-order valence-electron chi connectivity index (χ1n) is 6.45. The van der Waals surface area contributed by atoms with Crippen molar-refractivity contribution in [1.82, 2.24) is 5.32 Å². The van der Waals surface area contributed by atoms with Gasteiger partial charge in [0.15, 0.2) is 0 Å². The molecular formula is C14H16FNO4. The predicted octanol–water partition coefficient (Wildman–Crippen LogP) is 1.12. The molecule has 0 spiro atoms. The van der Waals surface area contributed by atoms with Crippen molar-refractivity contribution in [1.29, 1.82) is 0 Å². The second-order valence-electron chi connectivity index (χ2n) is 4.73. The molecule has 0 unspecified atom stereocenters. The van der Waals surface area contributed by atoms with Crippen molar-refractivity contribution >= 4 is 11.9 Å². The Morgan fingerprint density at radius 3 is 2.65 bits per heavy atom. The molecule has 2 rings (SSSR count). The average molecular weight is 281 g/mol. The molecule has 0 radical (unpaired) electrons. The fourth-order valence-corrected chi connectivity index (χ4v) is 2.11. The molecule has 2 atom stereocenters. The van der Waals surface area contributed by atoms with Crippen molar-refractivity contribution in [3.8, 4) is 0 Å². The van der Waals surface area contributed by atoms with Gasteiger partial charge in [-0.15, -0.1) is 0 Å². The summed E-state index contributed by atoms with van der Waals surface area (Å²) in [6.07, 6.45) is 0.946. The second kappa shape index (κ2) is 6.47. The average Bonchev–Trinajstić information content (AvgIpc) is 2.94. The fourth-order valence-electron chi connectivity index (χ4n) is 2.11. The second-order valence-corrected chi connectivity index (χ2v) is 4.73. The highest BCUT2D eigenvalue weighted by Crippen LogP contribution is 2.13. The molecule has 2 N–H and O–H groups in total. The van der Waals surface area contributed by atoms with Gasteiger partial charge in [-0.25, -0.2) is 9.18 Å². The molecule has 1 heterocycles. The van der Waals surface area contributed by atoms with Crippen molar-refractivity contribution in [2.24, 2.45) is 0 Å². The molecule has 1 aromatic carbocycles. The van der Waals surface area contributed by atoms with E-state index in [2.05, 4.69) is 5.32 Å². The summed E-state index contributed by atoms with van der Waals surface area (Å²) in [5.41, 5.74) is 0.645. The third-order valence-corrected chi connectivity index (χ3v) is 3.19. The van der Waals surface area contributed by atoms with Crippen LogP contribution in [0.4, 0.5) is 4.39 Å². The number of hydrogen-bond acceptors (Lipinski definition) is 3. The first-order valence-corrected chi connectivity index (χ1v) is 6.45. The van der Waals surface area contributed by atoms with E-state index in [1.165, 1.54) is 24.3 Å². The van der Waals surface area contributed by atoms with Crippen molar-refractivity contribution in [3.63, 3.8) is 0 Å². The lowest BCUT2D eigenvalue weighted by Crippen LogP contribution is -2.46.